The standard InChI is InChI=1S/C20H21FN6O5.K/c1-10-25-26-17(32-10)16(30)24-20(2,3)19-23-13(14(28)18(31)27(19)4)15(29)22-9-11-5-7-12(21)8-6-11;/h5-8,28H,9H2,1-4H3,(H,22,29)(H,24,30);/i4D3;. The van der Waals surface area contributed by atoms with E-state index < -0.39 is 58.9 Å². The largest absolute Gasteiger partial charge is 0.501 e. The summed E-state index contributed by atoms with van der Waals surface area (Å²) in [7, 11) is 0. The first-order chi connectivity index (χ1) is 16.2. The average molecular weight is 487 g/mol. The number of benzene rings is 1. The van der Waals surface area contributed by atoms with Crippen LogP contribution in [0.5, 0.6) is 5.75 Å². The van der Waals surface area contributed by atoms with Gasteiger partial charge in [-0.2, -0.15) is 0 Å². The summed E-state index contributed by atoms with van der Waals surface area (Å²) in [5.41, 5.74) is -3.34. The number of carbonyl (C=O) groups is 2. The Morgan fingerprint density at radius 1 is 1.24 bits per heavy atom. The van der Waals surface area contributed by atoms with Crippen molar-refractivity contribution in [3.05, 3.63) is 69.3 Å². The van der Waals surface area contributed by atoms with Gasteiger partial charge in [0.2, 0.25) is 11.6 Å². The van der Waals surface area contributed by atoms with Gasteiger partial charge in [-0.1, -0.05) is 12.1 Å². The molecule has 0 aliphatic carbocycles. The Hall–Kier alpha value is -2.45. The van der Waals surface area contributed by atoms with Crippen molar-refractivity contribution in [1.82, 2.24) is 30.4 Å². The molecule has 169 valence electrons. The summed E-state index contributed by atoms with van der Waals surface area (Å²) in [6.07, 6.45) is 0. The van der Waals surface area contributed by atoms with Crippen LogP contribution >= 0.6 is 0 Å². The fourth-order valence-electron chi connectivity index (χ4n) is 2.74. The number of carbonyl (C=O) groups excluding carboxylic acids is 2. The second-order valence-electron chi connectivity index (χ2n) is 7.29. The number of halogens is 1. The Morgan fingerprint density at radius 3 is 2.48 bits per heavy atom. The topological polar surface area (TPSA) is 152 Å². The monoisotopic (exact) mass is 486 g/mol. The molecular formula is C20H21FKN6O5. The van der Waals surface area contributed by atoms with Crippen molar-refractivity contribution in [2.45, 2.75) is 32.9 Å². The van der Waals surface area contributed by atoms with Crippen molar-refractivity contribution in [2.75, 3.05) is 0 Å². The molecule has 0 fully saturated rings. The van der Waals surface area contributed by atoms with Crippen LogP contribution in [0.25, 0.3) is 0 Å². The number of aromatic nitrogens is 4. The van der Waals surface area contributed by atoms with Gasteiger partial charge in [0.25, 0.3) is 11.5 Å². The number of aryl methyl sites for hydroxylation is 1. The summed E-state index contributed by atoms with van der Waals surface area (Å²) in [5.74, 6) is -4.43. The summed E-state index contributed by atoms with van der Waals surface area (Å²) >= 11 is 0. The molecule has 0 unspecified atom stereocenters. The molecule has 13 heteroatoms. The molecular weight excluding hydrogens is 462 g/mol. The molecule has 11 nitrogen and oxygen atoms in total. The first-order valence-corrected chi connectivity index (χ1v) is 9.23. The normalized spacial score (nSPS) is 12.7. The van der Waals surface area contributed by atoms with Crippen molar-refractivity contribution >= 4 is 63.2 Å². The zero-order valence-electron chi connectivity index (χ0n) is 21.3. The van der Waals surface area contributed by atoms with E-state index in [0.717, 1.165) is 0 Å². The second-order valence-corrected chi connectivity index (χ2v) is 7.29. The number of nitrogens with one attached hydrogen (secondary N) is 2. The van der Waals surface area contributed by atoms with Gasteiger partial charge in [0.05, 0.1) is 5.54 Å². The molecule has 0 saturated carbocycles. The smallest absolute Gasteiger partial charge is 0.309 e. The molecule has 3 rings (SSSR count). The van der Waals surface area contributed by atoms with E-state index in [-0.39, 0.29) is 68.4 Å². The fourth-order valence-corrected chi connectivity index (χ4v) is 2.74. The van der Waals surface area contributed by atoms with E-state index in [1.165, 1.54) is 45.0 Å². The van der Waals surface area contributed by atoms with Crippen LogP contribution in [-0.4, -0.2) is 88.1 Å². The molecule has 1 aromatic carbocycles. The maximum Gasteiger partial charge on any atom is 0.309 e. The average Bonchev–Trinajstić information content (AvgIpc) is 3.20. The van der Waals surface area contributed by atoms with Crippen LogP contribution in [0.4, 0.5) is 4.39 Å². The molecule has 0 aliphatic heterocycles. The number of aromatic hydroxyl groups is 1. The van der Waals surface area contributed by atoms with Crippen LogP contribution in [0.2, 0.25) is 0 Å². The van der Waals surface area contributed by atoms with Crippen LogP contribution in [0.3, 0.4) is 0 Å². The van der Waals surface area contributed by atoms with Gasteiger partial charge in [0.1, 0.15) is 11.6 Å². The van der Waals surface area contributed by atoms with E-state index in [1.54, 1.807) is 0 Å². The van der Waals surface area contributed by atoms with E-state index in [1.807, 2.05) is 0 Å². The van der Waals surface area contributed by atoms with Gasteiger partial charge in [0.15, 0.2) is 5.69 Å². The minimum atomic E-state index is -3.12. The van der Waals surface area contributed by atoms with Gasteiger partial charge in [-0.15, -0.1) is 10.2 Å². The van der Waals surface area contributed by atoms with Crippen molar-refractivity contribution in [3.8, 4) is 5.75 Å². The summed E-state index contributed by atoms with van der Waals surface area (Å²) < 4.78 is 41.5. The molecule has 3 N–H and O–H groups in total. The molecule has 2 aromatic heterocycles. The molecule has 0 aliphatic rings. The van der Waals surface area contributed by atoms with Crippen molar-refractivity contribution in [3.63, 3.8) is 0 Å². The third kappa shape index (κ3) is 6.12. The number of hydrogen-bond acceptors (Lipinski definition) is 8. The Bertz CT molecular complexity index is 1340. The maximum absolute atomic E-state index is 13.1. The number of nitrogens with zero attached hydrogens (tertiary/aromatic N) is 4. The van der Waals surface area contributed by atoms with Gasteiger partial charge in [0, 0.05) is 75.9 Å². The minimum absolute atomic E-state index is 0. The van der Waals surface area contributed by atoms with Gasteiger partial charge in [-0.3, -0.25) is 19.0 Å². The third-order valence-corrected chi connectivity index (χ3v) is 4.35. The van der Waals surface area contributed by atoms with Gasteiger partial charge in [-0.25, -0.2) is 9.37 Å². The van der Waals surface area contributed by atoms with Gasteiger partial charge < -0.3 is 20.2 Å². The van der Waals surface area contributed by atoms with Crippen LogP contribution < -0.4 is 16.2 Å². The Kier molecular flexibility index (Phi) is 7.21. The molecule has 0 bridgehead atoms. The number of amides is 2. The molecule has 3 aromatic rings. The Balaban J connectivity index is 0.00000456. The van der Waals surface area contributed by atoms with Crippen LogP contribution in [-0.2, 0) is 19.1 Å². The van der Waals surface area contributed by atoms with Crippen molar-refractivity contribution in [2.24, 2.45) is 6.98 Å². The van der Waals surface area contributed by atoms with E-state index in [4.69, 9.17) is 8.53 Å². The molecule has 0 saturated heterocycles. The van der Waals surface area contributed by atoms with Crippen molar-refractivity contribution < 1.29 is 27.6 Å². The van der Waals surface area contributed by atoms with E-state index in [9.17, 15) is 23.9 Å². The zero-order chi connectivity index (χ0) is 26.1. The molecule has 0 spiro atoms. The van der Waals surface area contributed by atoms with Gasteiger partial charge >= 0.3 is 11.8 Å². The molecule has 2 amide bonds. The summed E-state index contributed by atoms with van der Waals surface area (Å²) in [4.78, 5) is 42.0. The van der Waals surface area contributed by atoms with Crippen LogP contribution in [0.1, 0.15) is 56.4 Å². The quantitative estimate of drug-likeness (QED) is 0.427. The van der Waals surface area contributed by atoms with Crippen molar-refractivity contribution in [1.29, 1.82) is 0 Å². The van der Waals surface area contributed by atoms with E-state index >= 15 is 0 Å². The van der Waals surface area contributed by atoms with E-state index in [2.05, 4.69) is 25.8 Å². The Labute approximate surface area is 234 Å². The fraction of sp³-hybridized carbons (Fsp3) is 0.300. The summed E-state index contributed by atoms with van der Waals surface area (Å²) in [5, 5.41) is 22.3. The van der Waals surface area contributed by atoms with E-state index in [0.29, 0.717) is 5.56 Å². The first kappa shape index (κ1) is 22.3. The Morgan fingerprint density at radius 2 is 1.91 bits per heavy atom. The SMILES string of the molecule is [2H]C([2H])([2H])n1c(C(C)(C)NC(=O)c2nnc(C)o2)nc(C(=O)NCc2ccc(F)cc2)c(O)c1=O.[K]. The molecule has 2 heterocycles. The summed E-state index contributed by atoms with van der Waals surface area (Å²) in [6, 6.07) is 5.20. The van der Waals surface area contributed by atoms with Crippen LogP contribution in [0.15, 0.2) is 33.5 Å². The molecule has 33 heavy (non-hydrogen) atoms. The minimum Gasteiger partial charge on any atom is -0.501 e. The molecule has 0 atom stereocenters. The molecule has 1 radical (unpaired) electrons. The predicted octanol–water partition coefficient (Wildman–Crippen LogP) is 0.531. The number of rotatable bonds is 6. The summed E-state index contributed by atoms with van der Waals surface area (Å²) in [6.45, 7) is 0.891. The second kappa shape index (κ2) is 10.7. The first-order valence-electron chi connectivity index (χ1n) is 10.7. The predicted molar refractivity (Wildman–Crippen MR) is 114 cm³/mol. The third-order valence-electron chi connectivity index (χ3n) is 4.35. The van der Waals surface area contributed by atoms with Gasteiger partial charge in [-0.05, 0) is 31.5 Å². The zero-order valence-corrected chi connectivity index (χ0v) is 21.4. The maximum atomic E-state index is 13.1. The van der Waals surface area contributed by atoms with Crippen LogP contribution in [0, 0.1) is 12.7 Å². The number of hydrogen-bond donors (Lipinski definition) is 3.